The molecular formula is C12H12FNS. The third-order valence-electron chi connectivity index (χ3n) is 2.40. The first kappa shape index (κ1) is 10.3. The highest BCUT2D eigenvalue weighted by Crippen LogP contribution is 2.32. The summed E-state index contributed by atoms with van der Waals surface area (Å²) < 4.78 is 13.2. The molecule has 15 heavy (non-hydrogen) atoms. The van der Waals surface area contributed by atoms with Crippen LogP contribution >= 0.6 is 11.3 Å². The molecule has 0 aliphatic heterocycles. The van der Waals surface area contributed by atoms with Gasteiger partial charge in [-0.05, 0) is 47.2 Å². The van der Waals surface area contributed by atoms with Crippen molar-refractivity contribution in [3.8, 4) is 10.4 Å². The Morgan fingerprint density at radius 3 is 2.73 bits per heavy atom. The minimum absolute atomic E-state index is 0.213. The molecular weight excluding hydrogens is 209 g/mol. The molecule has 0 unspecified atom stereocenters. The van der Waals surface area contributed by atoms with Gasteiger partial charge < -0.3 is 5.73 Å². The van der Waals surface area contributed by atoms with Crippen LogP contribution in [0.25, 0.3) is 10.4 Å². The molecule has 0 saturated carbocycles. The van der Waals surface area contributed by atoms with Crippen LogP contribution in [0.2, 0.25) is 0 Å². The topological polar surface area (TPSA) is 26.0 Å². The molecule has 0 saturated heterocycles. The second-order valence-electron chi connectivity index (χ2n) is 3.44. The highest BCUT2D eigenvalue weighted by molar-refractivity contribution is 7.13. The van der Waals surface area contributed by atoms with E-state index in [1.807, 2.05) is 18.4 Å². The van der Waals surface area contributed by atoms with E-state index in [2.05, 4.69) is 0 Å². The van der Waals surface area contributed by atoms with Gasteiger partial charge in [-0.3, -0.25) is 0 Å². The van der Waals surface area contributed by atoms with Gasteiger partial charge in [0.25, 0.3) is 0 Å². The smallest absolute Gasteiger partial charge is 0.123 e. The Morgan fingerprint density at radius 2 is 2.13 bits per heavy atom. The molecule has 78 valence electrons. The maximum Gasteiger partial charge on any atom is 0.123 e. The summed E-state index contributed by atoms with van der Waals surface area (Å²) in [4.78, 5) is 1.11. The van der Waals surface area contributed by atoms with Crippen molar-refractivity contribution in [1.82, 2.24) is 0 Å². The average molecular weight is 221 g/mol. The van der Waals surface area contributed by atoms with E-state index in [-0.39, 0.29) is 5.82 Å². The van der Waals surface area contributed by atoms with Crippen molar-refractivity contribution in [2.24, 2.45) is 5.73 Å². The number of aryl methyl sites for hydroxylation is 1. The number of halogens is 1. The van der Waals surface area contributed by atoms with Crippen LogP contribution in [0, 0.1) is 12.7 Å². The highest BCUT2D eigenvalue weighted by Gasteiger charge is 2.09. The first-order valence-electron chi connectivity index (χ1n) is 4.75. The molecule has 0 fully saturated rings. The van der Waals surface area contributed by atoms with E-state index >= 15 is 0 Å². The van der Waals surface area contributed by atoms with Crippen molar-refractivity contribution in [2.45, 2.75) is 13.5 Å². The Bertz CT molecular complexity index is 476. The fraction of sp³-hybridized carbons (Fsp3) is 0.167. The van der Waals surface area contributed by atoms with Crippen molar-refractivity contribution < 1.29 is 4.39 Å². The Balaban J connectivity index is 2.60. The monoisotopic (exact) mass is 221 g/mol. The van der Waals surface area contributed by atoms with Crippen molar-refractivity contribution in [3.63, 3.8) is 0 Å². The Labute approximate surface area is 92.4 Å². The van der Waals surface area contributed by atoms with Gasteiger partial charge in [-0.15, -0.1) is 11.3 Å². The highest BCUT2D eigenvalue weighted by atomic mass is 32.1. The summed E-state index contributed by atoms with van der Waals surface area (Å²) >= 11 is 1.62. The summed E-state index contributed by atoms with van der Waals surface area (Å²) in [6.45, 7) is 2.46. The molecule has 0 bridgehead atoms. The molecule has 1 heterocycles. The Morgan fingerprint density at radius 1 is 1.33 bits per heavy atom. The summed E-state index contributed by atoms with van der Waals surface area (Å²) in [5.41, 5.74) is 8.72. The van der Waals surface area contributed by atoms with E-state index in [0.717, 1.165) is 16.0 Å². The molecule has 0 amide bonds. The zero-order valence-corrected chi connectivity index (χ0v) is 9.27. The number of benzene rings is 1. The largest absolute Gasteiger partial charge is 0.326 e. The van der Waals surface area contributed by atoms with Crippen LogP contribution in [0.15, 0.2) is 29.6 Å². The summed E-state index contributed by atoms with van der Waals surface area (Å²) in [5.74, 6) is -0.213. The molecule has 1 aromatic carbocycles. The van der Waals surface area contributed by atoms with Crippen LogP contribution in [-0.2, 0) is 6.54 Å². The lowest BCUT2D eigenvalue weighted by Gasteiger charge is -2.07. The number of rotatable bonds is 2. The van der Waals surface area contributed by atoms with Crippen LogP contribution in [0.1, 0.15) is 11.1 Å². The molecule has 0 aliphatic rings. The summed E-state index contributed by atoms with van der Waals surface area (Å²) in [5, 5.41) is 2.01. The van der Waals surface area contributed by atoms with Gasteiger partial charge in [0, 0.05) is 11.4 Å². The molecule has 1 nitrogen and oxygen atoms in total. The first-order chi connectivity index (χ1) is 7.22. The van der Waals surface area contributed by atoms with E-state index < -0.39 is 0 Å². The van der Waals surface area contributed by atoms with Gasteiger partial charge in [-0.25, -0.2) is 4.39 Å². The van der Waals surface area contributed by atoms with Crippen molar-refractivity contribution in [1.29, 1.82) is 0 Å². The lowest BCUT2D eigenvalue weighted by Crippen LogP contribution is -1.99. The van der Waals surface area contributed by atoms with Crippen LogP contribution < -0.4 is 5.73 Å². The Kier molecular flexibility index (Phi) is 2.84. The molecule has 2 rings (SSSR count). The van der Waals surface area contributed by atoms with Crippen LogP contribution in [-0.4, -0.2) is 0 Å². The minimum atomic E-state index is -0.213. The summed E-state index contributed by atoms with van der Waals surface area (Å²) in [6.07, 6.45) is 0. The second-order valence-corrected chi connectivity index (χ2v) is 4.35. The van der Waals surface area contributed by atoms with E-state index in [4.69, 9.17) is 5.73 Å². The van der Waals surface area contributed by atoms with E-state index in [9.17, 15) is 4.39 Å². The molecule has 3 heteroatoms. The summed E-state index contributed by atoms with van der Waals surface area (Å²) in [6, 6.07) is 6.80. The van der Waals surface area contributed by atoms with Crippen LogP contribution in [0.4, 0.5) is 4.39 Å². The molecule has 1 aromatic heterocycles. The quantitative estimate of drug-likeness (QED) is 0.827. The fourth-order valence-corrected chi connectivity index (χ4v) is 2.57. The van der Waals surface area contributed by atoms with Crippen molar-refractivity contribution >= 4 is 11.3 Å². The normalized spacial score (nSPS) is 10.6. The third-order valence-corrected chi connectivity index (χ3v) is 3.45. The van der Waals surface area contributed by atoms with Gasteiger partial charge in [-0.2, -0.15) is 0 Å². The fourth-order valence-electron chi connectivity index (χ4n) is 1.59. The molecule has 0 atom stereocenters. The molecule has 2 aromatic rings. The maximum absolute atomic E-state index is 13.2. The van der Waals surface area contributed by atoms with Crippen LogP contribution in [0.3, 0.4) is 0 Å². The second kappa shape index (κ2) is 4.13. The molecule has 2 N–H and O–H groups in total. The average Bonchev–Trinajstić information content (AvgIpc) is 2.64. The number of nitrogens with two attached hydrogens (primary N) is 1. The van der Waals surface area contributed by atoms with E-state index in [1.165, 1.54) is 11.6 Å². The maximum atomic E-state index is 13.2. The minimum Gasteiger partial charge on any atom is -0.326 e. The van der Waals surface area contributed by atoms with E-state index in [1.54, 1.807) is 23.5 Å². The zero-order chi connectivity index (χ0) is 10.8. The van der Waals surface area contributed by atoms with Crippen LogP contribution in [0.5, 0.6) is 0 Å². The SMILES string of the molecule is Cc1ccsc1-c1cc(F)ccc1CN. The zero-order valence-electron chi connectivity index (χ0n) is 8.46. The summed E-state index contributed by atoms with van der Waals surface area (Å²) in [7, 11) is 0. The molecule has 0 aliphatic carbocycles. The number of hydrogen-bond acceptors (Lipinski definition) is 2. The molecule has 0 radical (unpaired) electrons. The van der Waals surface area contributed by atoms with Gasteiger partial charge in [0.15, 0.2) is 0 Å². The molecule has 0 spiro atoms. The number of thiophene rings is 1. The number of hydrogen-bond donors (Lipinski definition) is 1. The predicted molar refractivity (Wildman–Crippen MR) is 62.3 cm³/mol. The predicted octanol–water partition coefficient (Wildman–Crippen LogP) is 3.32. The van der Waals surface area contributed by atoms with Gasteiger partial charge in [-0.1, -0.05) is 6.07 Å². The first-order valence-corrected chi connectivity index (χ1v) is 5.63. The van der Waals surface area contributed by atoms with Gasteiger partial charge >= 0.3 is 0 Å². The standard InChI is InChI=1S/C12H12FNS/c1-8-4-5-15-12(8)11-6-10(13)3-2-9(11)7-14/h2-6H,7,14H2,1H3. The van der Waals surface area contributed by atoms with Gasteiger partial charge in [0.2, 0.25) is 0 Å². The lowest BCUT2D eigenvalue weighted by molar-refractivity contribution is 0.627. The Hall–Kier alpha value is -1.19. The third kappa shape index (κ3) is 1.94. The van der Waals surface area contributed by atoms with Crippen molar-refractivity contribution in [3.05, 3.63) is 46.6 Å². The van der Waals surface area contributed by atoms with Gasteiger partial charge in [0.1, 0.15) is 5.82 Å². The lowest BCUT2D eigenvalue weighted by atomic mass is 10.0. The van der Waals surface area contributed by atoms with Gasteiger partial charge in [0.05, 0.1) is 0 Å². The van der Waals surface area contributed by atoms with E-state index in [0.29, 0.717) is 6.54 Å². The van der Waals surface area contributed by atoms with Crippen molar-refractivity contribution in [2.75, 3.05) is 0 Å².